The molecule has 2 amide bonds. The third-order valence-electron chi connectivity index (χ3n) is 3.63. The van der Waals surface area contributed by atoms with Gasteiger partial charge in [0.1, 0.15) is 0 Å². The van der Waals surface area contributed by atoms with Gasteiger partial charge in [-0.1, -0.05) is 18.2 Å². The summed E-state index contributed by atoms with van der Waals surface area (Å²) in [6, 6.07) is 15.9. The fourth-order valence-corrected chi connectivity index (χ4v) is 2.34. The Morgan fingerprint density at radius 1 is 1.04 bits per heavy atom. The molecule has 0 fully saturated rings. The minimum absolute atomic E-state index is 0.274. The lowest BCUT2D eigenvalue weighted by Gasteiger charge is -2.09. The molecule has 0 unspecified atom stereocenters. The number of hydroxylamine groups is 1. The number of benzene rings is 2. The van der Waals surface area contributed by atoms with Crippen molar-refractivity contribution >= 4 is 23.6 Å². The van der Waals surface area contributed by atoms with Gasteiger partial charge in [-0.25, -0.2) is 10.2 Å². The molecule has 7 nitrogen and oxygen atoms in total. The van der Waals surface area contributed by atoms with Gasteiger partial charge in [0.15, 0.2) is 0 Å². The van der Waals surface area contributed by atoms with Crippen LogP contribution in [0.1, 0.15) is 15.9 Å². The molecule has 0 aliphatic heterocycles. The van der Waals surface area contributed by atoms with Crippen molar-refractivity contribution in [2.24, 2.45) is 0 Å². The van der Waals surface area contributed by atoms with Gasteiger partial charge in [-0.05, 0) is 48.0 Å². The number of aromatic nitrogens is 2. The van der Waals surface area contributed by atoms with Crippen molar-refractivity contribution < 1.29 is 14.8 Å². The minimum Gasteiger partial charge on any atom is -0.321 e. The zero-order chi connectivity index (χ0) is 18.4. The van der Waals surface area contributed by atoms with Gasteiger partial charge >= 0.3 is 0 Å². The molecule has 26 heavy (non-hydrogen) atoms. The number of nitrogens with one attached hydrogen (secondary N) is 2. The number of carbonyl (C=O) groups is 2. The Bertz CT molecular complexity index is 932. The highest BCUT2D eigenvalue weighted by molar-refractivity contribution is 6.05. The second-order valence-corrected chi connectivity index (χ2v) is 5.35. The van der Waals surface area contributed by atoms with Gasteiger partial charge in [-0.15, -0.1) is 0 Å². The van der Waals surface area contributed by atoms with Gasteiger partial charge in [0.05, 0.1) is 5.69 Å². The summed E-state index contributed by atoms with van der Waals surface area (Å²) in [6.45, 7) is 0. The lowest BCUT2D eigenvalue weighted by atomic mass is 10.1. The number of anilines is 1. The van der Waals surface area contributed by atoms with E-state index in [1.165, 1.54) is 17.6 Å². The summed E-state index contributed by atoms with van der Waals surface area (Å²) in [4.78, 5) is 23.6. The fraction of sp³-hybridized carbons (Fsp3) is 0. The second kappa shape index (κ2) is 7.91. The molecule has 0 spiro atoms. The van der Waals surface area contributed by atoms with Crippen molar-refractivity contribution in [1.29, 1.82) is 0 Å². The van der Waals surface area contributed by atoms with Gasteiger partial charge < -0.3 is 5.32 Å². The van der Waals surface area contributed by atoms with Gasteiger partial charge in [-0.2, -0.15) is 5.10 Å². The van der Waals surface area contributed by atoms with E-state index in [2.05, 4.69) is 10.4 Å². The standard InChI is InChI=1S/C19H16N4O3/c24-18(22-26)11-8-14-4-1-2-5-17(14)21-19(25)15-6-9-16(10-7-15)23-13-3-12-20-23/h1-13,26H,(H,21,25)(H,22,24). The van der Waals surface area contributed by atoms with Crippen molar-refractivity contribution in [3.05, 3.63) is 84.2 Å². The van der Waals surface area contributed by atoms with Gasteiger partial charge in [-0.3, -0.25) is 14.8 Å². The highest BCUT2D eigenvalue weighted by Gasteiger charge is 2.08. The Labute approximate surface area is 149 Å². The van der Waals surface area contributed by atoms with E-state index in [0.29, 0.717) is 16.8 Å². The van der Waals surface area contributed by atoms with Crippen LogP contribution in [0.3, 0.4) is 0 Å². The SMILES string of the molecule is O=C(C=Cc1ccccc1NC(=O)c1ccc(-n2cccn2)cc1)NO. The fourth-order valence-electron chi connectivity index (χ4n) is 2.34. The Balaban J connectivity index is 1.76. The second-order valence-electron chi connectivity index (χ2n) is 5.35. The molecule has 0 bridgehead atoms. The lowest BCUT2D eigenvalue weighted by Crippen LogP contribution is -2.15. The van der Waals surface area contributed by atoms with Crippen LogP contribution < -0.4 is 10.8 Å². The summed E-state index contributed by atoms with van der Waals surface area (Å²) in [7, 11) is 0. The summed E-state index contributed by atoms with van der Waals surface area (Å²) in [6.07, 6.45) is 6.17. The third kappa shape index (κ3) is 4.03. The summed E-state index contributed by atoms with van der Waals surface area (Å²) >= 11 is 0. The Kier molecular flexibility index (Phi) is 5.21. The van der Waals surface area contributed by atoms with E-state index in [1.807, 2.05) is 12.3 Å². The minimum atomic E-state index is -0.652. The molecule has 3 aromatic rings. The number of amides is 2. The molecule has 130 valence electrons. The number of hydrogen-bond donors (Lipinski definition) is 3. The number of para-hydroxylation sites is 1. The molecular formula is C19H16N4O3. The average molecular weight is 348 g/mol. The van der Waals surface area contributed by atoms with E-state index in [1.54, 1.807) is 59.4 Å². The van der Waals surface area contributed by atoms with E-state index in [4.69, 9.17) is 5.21 Å². The monoisotopic (exact) mass is 348 g/mol. The quantitative estimate of drug-likeness (QED) is 0.375. The molecule has 7 heteroatoms. The predicted octanol–water partition coefficient (Wildman–Crippen LogP) is 2.64. The average Bonchev–Trinajstić information content (AvgIpc) is 3.22. The van der Waals surface area contributed by atoms with E-state index >= 15 is 0 Å². The molecule has 3 rings (SSSR count). The zero-order valence-electron chi connectivity index (χ0n) is 13.7. The number of hydrogen-bond acceptors (Lipinski definition) is 4. The maximum absolute atomic E-state index is 12.5. The molecule has 0 saturated carbocycles. The van der Waals surface area contributed by atoms with Crippen molar-refractivity contribution in [2.45, 2.75) is 0 Å². The highest BCUT2D eigenvalue weighted by atomic mass is 16.5. The third-order valence-corrected chi connectivity index (χ3v) is 3.63. The molecule has 0 aliphatic carbocycles. The Morgan fingerprint density at radius 2 is 1.81 bits per heavy atom. The first-order valence-corrected chi connectivity index (χ1v) is 7.80. The van der Waals surface area contributed by atoms with Crippen LogP contribution in [0.15, 0.2) is 73.1 Å². The molecule has 0 saturated heterocycles. The normalized spacial score (nSPS) is 10.7. The Morgan fingerprint density at radius 3 is 2.50 bits per heavy atom. The summed E-state index contributed by atoms with van der Waals surface area (Å²) in [5.41, 5.74) is 4.05. The highest BCUT2D eigenvalue weighted by Crippen LogP contribution is 2.18. The number of nitrogens with zero attached hydrogens (tertiary/aromatic N) is 2. The van der Waals surface area contributed by atoms with E-state index in [9.17, 15) is 9.59 Å². The smallest absolute Gasteiger partial charge is 0.267 e. The van der Waals surface area contributed by atoms with Crippen molar-refractivity contribution in [2.75, 3.05) is 5.32 Å². The number of carbonyl (C=O) groups excluding carboxylic acids is 2. The topological polar surface area (TPSA) is 96.2 Å². The van der Waals surface area contributed by atoms with Crippen LogP contribution in [0.4, 0.5) is 5.69 Å². The largest absolute Gasteiger partial charge is 0.321 e. The van der Waals surface area contributed by atoms with Crippen LogP contribution >= 0.6 is 0 Å². The van der Waals surface area contributed by atoms with E-state index < -0.39 is 5.91 Å². The molecule has 0 radical (unpaired) electrons. The van der Waals surface area contributed by atoms with Crippen molar-refractivity contribution in [1.82, 2.24) is 15.3 Å². The van der Waals surface area contributed by atoms with Gasteiger partial charge in [0, 0.05) is 29.7 Å². The first kappa shape index (κ1) is 17.1. The molecule has 1 aromatic heterocycles. The maximum atomic E-state index is 12.5. The summed E-state index contributed by atoms with van der Waals surface area (Å²) in [5.74, 6) is -0.926. The van der Waals surface area contributed by atoms with Gasteiger partial charge in [0.25, 0.3) is 11.8 Å². The van der Waals surface area contributed by atoms with Crippen LogP contribution in [0.5, 0.6) is 0 Å². The predicted molar refractivity (Wildman–Crippen MR) is 96.9 cm³/mol. The molecule has 1 heterocycles. The molecule has 2 aromatic carbocycles. The van der Waals surface area contributed by atoms with Crippen molar-refractivity contribution in [3.63, 3.8) is 0 Å². The molecular weight excluding hydrogens is 332 g/mol. The first-order valence-electron chi connectivity index (χ1n) is 7.80. The lowest BCUT2D eigenvalue weighted by molar-refractivity contribution is -0.124. The molecule has 0 atom stereocenters. The van der Waals surface area contributed by atoms with Crippen LogP contribution in [0, 0.1) is 0 Å². The summed E-state index contributed by atoms with van der Waals surface area (Å²) in [5, 5.41) is 15.5. The van der Waals surface area contributed by atoms with Crippen LogP contribution in [0.25, 0.3) is 11.8 Å². The van der Waals surface area contributed by atoms with E-state index in [0.717, 1.165) is 5.69 Å². The van der Waals surface area contributed by atoms with Crippen LogP contribution in [0.2, 0.25) is 0 Å². The van der Waals surface area contributed by atoms with Crippen LogP contribution in [-0.2, 0) is 4.79 Å². The van der Waals surface area contributed by atoms with Crippen LogP contribution in [-0.4, -0.2) is 26.8 Å². The summed E-state index contributed by atoms with van der Waals surface area (Å²) < 4.78 is 1.70. The zero-order valence-corrected chi connectivity index (χ0v) is 13.7. The van der Waals surface area contributed by atoms with E-state index in [-0.39, 0.29) is 5.91 Å². The Hall–Kier alpha value is -3.71. The molecule has 0 aliphatic rings. The van der Waals surface area contributed by atoms with Gasteiger partial charge in [0.2, 0.25) is 0 Å². The van der Waals surface area contributed by atoms with Crippen molar-refractivity contribution in [3.8, 4) is 5.69 Å². The number of rotatable bonds is 5. The molecule has 3 N–H and O–H groups in total. The maximum Gasteiger partial charge on any atom is 0.267 e. The first-order chi connectivity index (χ1) is 12.7.